The molecule has 12 heteroatoms. The molecule has 1 atom stereocenters. The molecule has 0 aromatic heterocycles. The van der Waals surface area contributed by atoms with E-state index < -0.39 is 27.9 Å². The van der Waals surface area contributed by atoms with E-state index in [2.05, 4.69) is 25.7 Å². The fourth-order valence-corrected chi connectivity index (χ4v) is 5.76. The van der Waals surface area contributed by atoms with E-state index in [-0.39, 0.29) is 30.4 Å². The van der Waals surface area contributed by atoms with Gasteiger partial charge in [-0.1, -0.05) is 48.5 Å². The van der Waals surface area contributed by atoms with Gasteiger partial charge in [0.15, 0.2) is 0 Å². The Morgan fingerprint density at radius 3 is 2.51 bits per heavy atom. The van der Waals surface area contributed by atoms with Gasteiger partial charge in [0.05, 0.1) is 24.6 Å². The third kappa shape index (κ3) is 8.12. The second-order valence-electron chi connectivity index (χ2n) is 9.44. The fraction of sp³-hybridized carbons (Fsp3) is 0.310. The summed E-state index contributed by atoms with van der Waals surface area (Å²) < 4.78 is 34.0. The van der Waals surface area contributed by atoms with Crippen LogP contribution >= 0.6 is 0 Å². The van der Waals surface area contributed by atoms with Crippen LogP contribution in [0.1, 0.15) is 35.7 Å². The molecule has 0 fully saturated rings. The molecule has 3 aromatic rings. The van der Waals surface area contributed by atoms with Crippen LogP contribution in [0.5, 0.6) is 0 Å². The van der Waals surface area contributed by atoms with E-state index in [9.17, 15) is 22.8 Å². The molecule has 1 heterocycles. The number of benzene rings is 3. The molecule has 5 N–H and O–H groups in total. The van der Waals surface area contributed by atoms with E-state index in [0.717, 1.165) is 30.5 Å². The minimum absolute atomic E-state index is 0.0188. The Morgan fingerprint density at radius 1 is 1.02 bits per heavy atom. The lowest BCUT2D eigenvalue weighted by molar-refractivity contribution is -0.466. The summed E-state index contributed by atoms with van der Waals surface area (Å²) in [5.74, 6) is -0.797. The van der Waals surface area contributed by atoms with Crippen molar-refractivity contribution in [2.24, 2.45) is 0 Å². The lowest BCUT2D eigenvalue weighted by Gasteiger charge is -2.19. The molecule has 0 spiro atoms. The van der Waals surface area contributed by atoms with Crippen LogP contribution in [0, 0.1) is 0 Å². The second kappa shape index (κ2) is 13.9. The normalized spacial score (nSPS) is 13.9. The first kappa shape index (κ1) is 29.7. The van der Waals surface area contributed by atoms with Gasteiger partial charge >= 0.3 is 11.9 Å². The van der Waals surface area contributed by atoms with Crippen LogP contribution in [0.25, 0.3) is 10.8 Å². The van der Waals surface area contributed by atoms with Crippen LogP contribution in [0.15, 0.2) is 71.6 Å². The molecule has 0 aliphatic carbocycles. The largest absolute Gasteiger partial charge is 0.465 e. The van der Waals surface area contributed by atoms with Gasteiger partial charge in [-0.2, -0.15) is 4.72 Å². The van der Waals surface area contributed by atoms with Gasteiger partial charge in [0.25, 0.3) is 11.8 Å². The molecule has 4 rings (SSSR count). The predicted octanol–water partition coefficient (Wildman–Crippen LogP) is -0.0415. The molecular formula is C29H34N5O6S+. The number of carbonyl (C=O) groups is 3. The summed E-state index contributed by atoms with van der Waals surface area (Å²) >= 11 is 0. The molecule has 1 unspecified atom stereocenters. The number of ether oxygens (including phenoxy) is 1. The van der Waals surface area contributed by atoms with Gasteiger partial charge in [-0.05, 0) is 42.5 Å². The summed E-state index contributed by atoms with van der Waals surface area (Å²) in [6.45, 7) is 2.96. The highest BCUT2D eigenvalue weighted by atomic mass is 32.2. The number of hydrogen-bond donors (Lipinski definition) is 5. The summed E-state index contributed by atoms with van der Waals surface area (Å²) in [4.78, 5) is 40.7. The van der Waals surface area contributed by atoms with Gasteiger partial charge in [0, 0.05) is 30.3 Å². The van der Waals surface area contributed by atoms with Gasteiger partial charge in [0.2, 0.25) is 10.0 Å². The third-order valence-corrected chi connectivity index (χ3v) is 7.98. The van der Waals surface area contributed by atoms with Gasteiger partial charge in [-0.3, -0.25) is 24.7 Å². The van der Waals surface area contributed by atoms with Gasteiger partial charge < -0.3 is 10.1 Å². The van der Waals surface area contributed by atoms with Crippen LogP contribution in [-0.4, -0.2) is 64.4 Å². The zero-order valence-corrected chi connectivity index (χ0v) is 23.6. The van der Waals surface area contributed by atoms with E-state index in [4.69, 9.17) is 4.74 Å². The summed E-state index contributed by atoms with van der Waals surface area (Å²) in [6, 6.07) is 17.3. The van der Waals surface area contributed by atoms with E-state index in [1.54, 1.807) is 67.6 Å². The molecule has 0 saturated carbocycles. The van der Waals surface area contributed by atoms with Crippen molar-refractivity contribution < 1.29 is 32.5 Å². The van der Waals surface area contributed by atoms with E-state index in [0.29, 0.717) is 23.3 Å². The first-order chi connectivity index (χ1) is 19.8. The summed E-state index contributed by atoms with van der Waals surface area (Å²) in [5.41, 5.74) is 1.20. The summed E-state index contributed by atoms with van der Waals surface area (Å²) in [6.07, 6.45) is 1.75. The highest BCUT2D eigenvalue weighted by molar-refractivity contribution is 7.89. The van der Waals surface area contributed by atoms with Crippen LogP contribution < -0.4 is 25.7 Å². The molecule has 0 radical (unpaired) electrons. The maximum Gasteiger partial charge on any atom is 0.350 e. The fourth-order valence-electron chi connectivity index (χ4n) is 4.34. The zero-order valence-electron chi connectivity index (χ0n) is 22.7. The van der Waals surface area contributed by atoms with Crippen molar-refractivity contribution in [3.8, 4) is 0 Å². The molecule has 0 bridgehead atoms. The van der Waals surface area contributed by atoms with E-state index >= 15 is 0 Å². The Kier molecular flexibility index (Phi) is 10.0. The average molecular weight is 581 g/mol. The van der Waals surface area contributed by atoms with Crippen molar-refractivity contribution in [3.05, 3.63) is 77.9 Å². The number of esters is 1. The quantitative estimate of drug-likeness (QED) is 0.199. The minimum Gasteiger partial charge on any atom is -0.465 e. The molecule has 11 nitrogen and oxygen atoms in total. The highest BCUT2D eigenvalue weighted by Gasteiger charge is 2.28. The second-order valence-corrected chi connectivity index (χ2v) is 11.1. The van der Waals surface area contributed by atoms with Crippen molar-refractivity contribution in [3.63, 3.8) is 0 Å². The number of guanidine groups is 1. The standard InChI is InChI=1S/C29H33N5O6S/c1-2-40-28(37)24(34-41(38,39)25-10-5-8-21-7-3-4-9-23(21)25)19-32-27(36)22-14-11-20(12-15-22)13-16-26(35)33-29-30-17-6-18-31-29/h3-5,7-12,14-15,24,34H,2,6,13,16-19H2,1H3,(H,32,36)(H2,30,31,33,35)/p+1. The monoisotopic (exact) mass is 580 g/mol. The molecule has 2 amide bonds. The van der Waals surface area contributed by atoms with Crippen molar-refractivity contribution in [1.82, 2.24) is 20.7 Å². The number of hydrogen-bond acceptors (Lipinski definition) is 7. The maximum atomic E-state index is 13.3. The number of nitrogens with one attached hydrogen (secondary N) is 5. The topological polar surface area (TPSA) is 157 Å². The van der Waals surface area contributed by atoms with Gasteiger partial charge in [-0.25, -0.2) is 13.7 Å². The van der Waals surface area contributed by atoms with Gasteiger partial charge in [0.1, 0.15) is 6.04 Å². The Hall–Kier alpha value is -4.29. The molecular weight excluding hydrogens is 546 g/mol. The van der Waals surface area contributed by atoms with Crippen molar-refractivity contribution in [2.75, 3.05) is 26.2 Å². The molecule has 216 valence electrons. The van der Waals surface area contributed by atoms with Crippen LogP contribution in [0.4, 0.5) is 0 Å². The Labute approximate surface area is 238 Å². The van der Waals surface area contributed by atoms with Crippen molar-refractivity contribution >= 4 is 44.5 Å². The third-order valence-electron chi connectivity index (χ3n) is 6.45. The van der Waals surface area contributed by atoms with Crippen LogP contribution in [0.2, 0.25) is 0 Å². The molecule has 41 heavy (non-hydrogen) atoms. The van der Waals surface area contributed by atoms with Crippen molar-refractivity contribution in [2.45, 2.75) is 37.1 Å². The molecule has 3 aromatic carbocycles. The molecule has 0 saturated heterocycles. The van der Waals surface area contributed by atoms with E-state index in [1.165, 1.54) is 6.07 Å². The highest BCUT2D eigenvalue weighted by Crippen LogP contribution is 2.23. The SMILES string of the molecule is CCOC(=O)C(CNC(=O)c1ccc(CCC(=O)NC2=[NH+]CCCN2)cc1)NS(=O)(=O)c1cccc2ccccc12. The lowest BCUT2D eigenvalue weighted by Crippen LogP contribution is -2.82. The van der Waals surface area contributed by atoms with Crippen LogP contribution in [0.3, 0.4) is 0 Å². The Morgan fingerprint density at radius 2 is 1.78 bits per heavy atom. The van der Waals surface area contributed by atoms with E-state index in [1.807, 2.05) is 0 Å². The number of carbonyl (C=O) groups excluding carboxylic acids is 3. The lowest BCUT2D eigenvalue weighted by atomic mass is 10.1. The van der Waals surface area contributed by atoms with Gasteiger partial charge in [-0.15, -0.1) is 0 Å². The molecule has 1 aliphatic rings. The molecule has 1 aliphatic heterocycles. The number of sulfonamides is 1. The first-order valence-electron chi connectivity index (χ1n) is 13.4. The Balaban J connectivity index is 1.36. The zero-order chi connectivity index (χ0) is 29.2. The number of fused-ring (bicyclic) bond motifs is 1. The first-order valence-corrected chi connectivity index (χ1v) is 14.9. The maximum absolute atomic E-state index is 13.3. The summed E-state index contributed by atoms with van der Waals surface area (Å²) in [7, 11) is -4.13. The number of amides is 2. The number of aryl methyl sites for hydroxylation is 1. The average Bonchev–Trinajstić information content (AvgIpc) is 2.98. The smallest absolute Gasteiger partial charge is 0.350 e. The van der Waals surface area contributed by atoms with Crippen molar-refractivity contribution in [1.29, 1.82) is 0 Å². The number of rotatable bonds is 11. The minimum atomic E-state index is -4.13. The Bertz CT molecular complexity index is 1530. The predicted molar refractivity (Wildman–Crippen MR) is 153 cm³/mol. The summed E-state index contributed by atoms with van der Waals surface area (Å²) in [5, 5.41) is 9.75. The van der Waals surface area contributed by atoms with Crippen LogP contribution in [-0.2, 0) is 30.8 Å².